The lowest BCUT2D eigenvalue weighted by Crippen LogP contribution is -2.55. The molecule has 17 heavy (non-hydrogen) atoms. The maximum Gasteiger partial charge on any atom is 0.179 e. The van der Waals surface area contributed by atoms with Crippen molar-refractivity contribution < 1.29 is 5.11 Å². The van der Waals surface area contributed by atoms with Gasteiger partial charge in [0.25, 0.3) is 0 Å². The lowest BCUT2D eigenvalue weighted by molar-refractivity contribution is -0.133. The average Bonchev–Trinajstić information content (AvgIpc) is 2.41. The normalized spacial score (nSPS) is 21.1. The minimum atomic E-state index is -1.06. The number of aromatic nitrogens is 3. The fourth-order valence-electron chi connectivity index (χ4n) is 2.24. The zero-order valence-corrected chi connectivity index (χ0v) is 10.1. The van der Waals surface area contributed by atoms with Crippen LogP contribution in [0, 0.1) is 0 Å². The number of nitrogens with zero attached hydrogens (tertiary/aromatic N) is 4. The van der Waals surface area contributed by atoms with E-state index in [1.807, 2.05) is 11.8 Å². The second kappa shape index (κ2) is 5.48. The Morgan fingerprint density at radius 2 is 2.00 bits per heavy atom. The maximum absolute atomic E-state index is 10.9. The van der Waals surface area contributed by atoms with Gasteiger partial charge in [-0.25, -0.2) is 15.0 Å². The third-order valence-corrected chi connectivity index (χ3v) is 3.09. The van der Waals surface area contributed by atoms with Crippen molar-refractivity contribution in [2.45, 2.75) is 25.5 Å². The van der Waals surface area contributed by atoms with Gasteiger partial charge in [0.15, 0.2) is 11.5 Å². The van der Waals surface area contributed by atoms with E-state index in [0.717, 1.165) is 32.6 Å². The highest BCUT2D eigenvalue weighted by Crippen LogP contribution is 2.27. The average molecular weight is 237 g/mol. The summed E-state index contributed by atoms with van der Waals surface area (Å²) in [5.74, 6) is 0.455. The maximum atomic E-state index is 10.9. The Kier molecular flexibility index (Phi) is 3.98. The molecule has 6 heteroatoms. The van der Waals surface area contributed by atoms with Crippen LogP contribution in [0.3, 0.4) is 0 Å². The second-order valence-electron chi connectivity index (χ2n) is 4.27. The molecule has 1 aromatic rings. The van der Waals surface area contributed by atoms with Gasteiger partial charge in [0, 0.05) is 26.2 Å². The summed E-state index contributed by atoms with van der Waals surface area (Å²) >= 11 is 0. The van der Waals surface area contributed by atoms with Crippen molar-refractivity contribution in [2.75, 3.05) is 26.2 Å². The van der Waals surface area contributed by atoms with Gasteiger partial charge in [-0.3, -0.25) is 4.90 Å². The summed E-state index contributed by atoms with van der Waals surface area (Å²) in [7, 11) is 0. The fourth-order valence-corrected chi connectivity index (χ4v) is 2.24. The quantitative estimate of drug-likeness (QED) is 0.750. The summed E-state index contributed by atoms with van der Waals surface area (Å²) in [6.07, 6.45) is 4.39. The monoisotopic (exact) mass is 237 g/mol. The van der Waals surface area contributed by atoms with E-state index in [4.69, 9.17) is 0 Å². The van der Waals surface area contributed by atoms with Gasteiger partial charge in [0.2, 0.25) is 0 Å². The lowest BCUT2D eigenvalue weighted by atomic mass is 10.0. The van der Waals surface area contributed by atoms with E-state index in [0.29, 0.717) is 12.2 Å². The topological polar surface area (TPSA) is 74.2 Å². The van der Waals surface area contributed by atoms with Crippen molar-refractivity contribution >= 4 is 0 Å². The van der Waals surface area contributed by atoms with E-state index < -0.39 is 5.72 Å². The largest absolute Gasteiger partial charge is 0.368 e. The Hall–Kier alpha value is -1.11. The van der Waals surface area contributed by atoms with Gasteiger partial charge < -0.3 is 10.4 Å². The van der Waals surface area contributed by atoms with Crippen LogP contribution < -0.4 is 5.32 Å². The lowest BCUT2D eigenvalue weighted by Gasteiger charge is -2.40. The van der Waals surface area contributed by atoms with Crippen LogP contribution in [0.25, 0.3) is 0 Å². The van der Waals surface area contributed by atoms with Crippen LogP contribution in [-0.4, -0.2) is 51.1 Å². The van der Waals surface area contributed by atoms with Crippen LogP contribution in [0.1, 0.15) is 25.6 Å². The van der Waals surface area contributed by atoms with Crippen LogP contribution >= 0.6 is 0 Å². The molecule has 1 saturated heterocycles. The van der Waals surface area contributed by atoms with E-state index in [-0.39, 0.29) is 0 Å². The SMILES string of the molecule is CCCC(O)(c1ncncn1)N1CCNCC1. The highest BCUT2D eigenvalue weighted by Gasteiger charge is 2.38. The highest BCUT2D eigenvalue weighted by atomic mass is 16.3. The molecule has 0 aromatic carbocycles. The predicted octanol–water partition coefficient (Wildman–Crippen LogP) is -0.278. The number of aliphatic hydroxyl groups is 1. The number of hydrogen-bond donors (Lipinski definition) is 2. The molecule has 94 valence electrons. The third kappa shape index (κ3) is 2.59. The molecule has 1 fully saturated rings. The van der Waals surface area contributed by atoms with Crippen LogP contribution in [0.2, 0.25) is 0 Å². The first-order valence-corrected chi connectivity index (χ1v) is 6.08. The minimum absolute atomic E-state index is 0.455. The van der Waals surface area contributed by atoms with Crippen molar-refractivity contribution in [3.05, 3.63) is 18.5 Å². The first-order chi connectivity index (χ1) is 8.27. The van der Waals surface area contributed by atoms with Crippen LogP contribution in [0.15, 0.2) is 12.7 Å². The molecule has 2 N–H and O–H groups in total. The Morgan fingerprint density at radius 1 is 1.35 bits per heavy atom. The van der Waals surface area contributed by atoms with Gasteiger partial charge in [0.05, 0.1) is 0 Å². The van der Waals surface area contributed by atoms with E-state index in [1.54, 1.807) is 0 Å². The van der Waals surface area contributed by atoms with Crippen LogP contribution in [0.5, 0.6) is 0 Å². The number of rotatable bonds is 4. The van der Waals surface area contributed by atoms with Crippen molar-refractivity contribution in [3.63, 3.8) is 0 Å². The smallest absolute Gasteiger partial charge is 0.179 e. The Bertz CT molecular complexity index is 341. The summed E-state index contributed by atoms with van der Waals surface area (Å²) < 4.78 is 0. The zero-order chi connectivity index (χ0) is 12.1. The molecule has 0 aliphatic carbocycles. The van der Waals surface area contributed by atoms with E-state index >= 15 is 0 Å². The van der Waals surface area contributed by atoms with Crippen molar-refractivity contribution in [1.29, 1.82) is 0 Å². The molecule has 1 unspecified atom stereocenters. The van der Waals surface area contributed by atoms with E-state index in [1.165, 1.54) is 12.7 Å². The third-order valence-electron chi connectivity index (χ3n) is 3.09. The summed E-state index contributed by atoms with van der Waals surface area (Å²) in [6.45, 7) is 5.44. The Labute approximate surface area is 101 Å². The number of nitrogens with one attached hydrogen (secondary N) is 1. The molecule has 1 aliphatic rings. The molecule has 0 radical (unpaired) electrons. The van der Waals surface area contributed by atoms with E-state index in [2.05, 4.69) is 20.3 Å². The van der Waals surface area contributed by atoms with E-state index in [9.17, 15) is 5.11 Å². The summed E-state index contributed by atoms with van der Waals surface area (Å²) in [5.41, 5.74) is -1.06. The van der Waals surface area contributed by atoms with Gasteiger partial charge in [-0.15, -0.1) is 0 Å². The molecule has 0 amide bonds. The molecule has 1 aromatic heterocycles. The molecule has 2 heterocycles. The summed E-state index contributed by atoms with van der Waals surface area (Å²) in [6, 6.07) is 0. The number of piperazine rings is 1. The molecule has 0 spiro atoms. The molecule has 0 saturated carbocycles. The van der Waals surface area contributed by atoms with Gasteiger partial charge in [-0.2, -0.15) is 0 Å². The molecule has 2 rings (SSSR count). The zero-order valence-electron chi connectivity index (χ0n) is 10.1. The molecular formula is C11H19N5O. The number of hydrogen-bond acceptors (Lipinski definition) is 6. The summed E-state index contributed by atoms with van der Waals surface area (Å²) in [4.78, 5) is 14.1. The van der Waals surface area contributed by atoms with Crippen molar-refractivity contribution in [2.24, 2.45) is 0 Å². The van der Waals surface area contributed by atoms with Gasteiger partial charge in [-0.1, -0.05) is 13.3 Å². The fraction of sp³-hybridized carbons (Fsp3) is 0.727. The standard InChI is InChI=1S/C11H19N5O/c1-2-3-11(17,10-14-8-13-9-15-10)16-6-4-12-5-7-16/h8-9,12,17H,2-7H2,1H3. The Morgan fingerprint density at radius 3 is 2.59 bits per heavy atom. The van der Waals surface area contributed by atoms with Crippen LogP contribution in [-0.2, 0) is 5.72 Å². The van der Waals surface area contributed by atoms with Gasteiger partial charge >= 0.3 is 0 Å². The molecule has 1 aliphatic heterocycles. The molecular weight excluding hydrogens is 218 g/mol. The highest BCUT2D eigenvalue weighted by molar-refractivity contribution is 5.00. The predicted molar refractivity (Wildman–Crippen MR) is 63.1 cm³/mol. The summed E-state index contributed by atoms with van der Waals surface area (Å²) in [5, 5.41) is 14.1. The minimum Gasteiger partial charge on any atom is -0.368 e. The van der Waals surface area contributed by atoms with Crippen molar-refractivity contribution in [3.8, 4) is 0 Å². The second-order valence-corrected chi connectivity index (χ2v) is 4.27. The van der Waals surface area contributed by atoms with Gasteiger partial charge in [0.1, 0.15) is 12.7 Å². The Balaban J connectivity index is 2.24. The first kappa shape index (κ1) is 12.3. The first-order valence-electron chi connectivity index (χ1n) is 6.08. The van der Waals surface area contributed by atoms with Crippen molar-refractivity contribution in [1.82, 2.24) is 25.2 Å². The molecule has 6 nitrogen and oxygen atoms in total. The van der Waals surface area contributed by atoms with Crippen LogP contribution in [0.4, 0.5) is 0 Å². The molecule has 0 bridgehead atoms. The molecule has 1 atom stereocenters. The van der Waals surface area contributed by atoms with Gasteiger partial charge in [-0.05, 0) is 6.42 Å².